The zero-order valence-electron chi connectivity index (χ0n) is 11.8. The summed E-state index contributed by atoms with van der Waals surface area (Å²) in [4.78, 5) is 23.2. The second kappa shape index (κ2) is 5.37. The molecule has 21 heavy (non-hydrogen) atoms. The van der Waals surface area contributed by atoms with Gasteiger partial charge in [-0.15, -0.1) is 0 Å². The second-order valence-corrected chi connectivity index (χ2v) is 6.21. The molecule has 0 aromatic heterocycles. The standard InChI is InChI=1S/C15H15N3O2S/c1-3-4-10-11-7-9(5-6-12(11)16-14(10)19)13-8(2)21-15(20)18-17-13/h4-8H,3H2,1-2H3,(H,16,19)(H,18,20). The van der Waals surface area contributed by atoms with Crippen LogP contribution in [-0.2, 0) is 4.79 Å². The van der Waals surface area contributed by atoms with Crippen molar-refractivity contribution in [3.05, 3.63) is 35.4 Å². The maximum Gasteiger partial charge on any atom is 0.299 e. The smallest absolute Gasteiger partial charge is 0.299 e. The Hall–Kier alpha value is -2.08. The van der Waals surface area contributed by atoms with Crippen molar-refractivity contribution < 1.29 is 9.59 Å². The van der Waals surface area contributed by atoms with E-state index in [0.29, 0.717) is 5.57 Å². The van der Waals surface area contributed by atoms with Crippen LogP contribution in [0.25, 0.3) is 5.57 Å². The lowest BCUT2D eigenvalue weighted by Crippen LogP contribution is -2.29. The molecule has 5 nitrogen and oxygen atoms in total. The number of amides is 2. The zero-order chi connectivity index (χ0) is 15.0. The van der Waals surface area contributed by atoms with Gasteiger partial charge < -0.3 is 5.32 Å². The summed E-state index contributed by atoms with van der Waals surface area (Å²) in [5, 5.41) is 6.85. The van der Waals surface area contributed by atoms with Crippen molar-refractivity contribution in [1.82, 2.24) is 5.43 Å². The predicted molar refractivity (Wildman–Crippen MR) is 85.5 cm³/mol. The average Bonchev–Trinajstić information content (AvgIpc) is 2.75. The quantitative estimate of drug-likeness (QED) is 0.825. The van der Waals surface area contributed by atoms with Crippen LogP contribution in [0.5, 0.6) is 0 Å². The number of carbonyl (C=O) groups excluding carboxylic acids is 2. The van der Waals surface area contributed by atoms with E-state index >= 15 is 0 Å². The van der Waals surface area contributed by atoms with Crippen molar-refractivity contribution in [2.75, 3.05) is 5.32 Å². The second-order valence-electron chi connectivity index (χ2n) is 4.90. The molecule has 2 aliphatic rings. The number of hydrogen-bond donors (Lipinski definition) is 2. The summed E-state index contributed by atoms with van der Waals surface area (Å²) < 4.78 is 0. The van der Waals surface area contributed by atoms with Gasteiger partial charge in [0.1, 0.15) is 0 Å². The molecule has 2 amide bonds. The summed E-state index contributed by atoms with van der Waals surface area (Å²) in [6, 6.07) is 5.76. The molecule has 0 saturated heterocycles. The van der Waals surface area contributed by atoms with Gasteiger partial charge in [-0.1, -0.05) is 30.8 Å². The average molecular weight is 301 g/mol. The normalized spacial score (nSPS) is 22.7. The molecule has 0 bridgehead atoms. The number of thioether (sulfide) groups is 1. The van der Waals surface area contributed by atoms with E-state index in [1.165, 1.54) is 11.8 Å². The van der Waals surface area contributed by atoms with Crippen LogP contribution in [0.1, 0.15) is 31.4 Å². The minimum Gasteiger partial charge on any atom is -0.321 e. The molecule has 6 heteroatoms. The fourth-order valence-corrected chi connectivity index (χ4v) is 3.21. The SMILES string of the molecule is CCC=C1C(=O)Nc2ccc(C3=NNC(=O)SC3C)cc21. The number of allylic oxidation sites excluding steroid dienone is 1. The summed E-state index contributed by atoms with van der Waals surface area (Å²) in [5.74, 6) is -0.0645. The lowest BCUT2D eigenvalue weighted by atomic mass is 10.00. The van der Waals surface area contributed by atoms with Gasteiger partial charge in [-0.05, 0) is 31.0 Å². The Balaban J connectivity index is 2.03. The van der Waals surface area contributed by atoms with E-state index in [1.807, 2.05) is 38.1 Å². The summed E-state index contributed by atoms with van der Waals surface area (Å²) in [6.45, 7) is 3.95. The number of rotatable bonds is 2. The van der Waals surface area contributed by atoms with E-state index in [2.05, 4.69) is 15.8 Å². The van der Waals surface area contributed by atoms with Crippen LogP contribution in [0.4, 0.5) is 10.5 Å². The lowest BCUT2D eigenvalue weighted by Gasteiger charge is -2.18. The third-order valence-electron chi connectivity index (χ3n) is 3.44. The van der Waals surface area contributed by atoms with Gasteiger partial charge in [-0.3, -0.25) is 9.59 Å². The summed E-state index contributed by atoms with van der Waals surface area (Å²) in [6.07, 6.45) is 2.73. The van der Waals surface area contributed by atoms with Gasteiger partial charge >= 0.3 is 0 Å². The maximum atomic E-state index is 11.9. The molecule has 2 heterocycles. The fraction of sp³-hybridized carbons (Fsp3) is 0.267. The van der Waals surface area contributed by atoms with Gasteiger partial charge in [0.15, 0.2) is 0 Å². The molecule has 0 saturated carbocycles. The van der Waals surface area contributed by atoms with Crippen molar-refractivity contribution in [3.8, 4) is 0 Å². The van der Waals surface area contributed by atoms with Gasteiger partial charge in [0.05, 0.1) is 11.0 Å². The van der Waals surface area contributed by atoms with Gasteiger partial charge in [-0.25, -0.2) is 5.43 Å². The molecule has 1 atom stereocenters. The van der Waals surface area contributed by atoms with Crippen molar-refractivity contribution in [3.63, 3.8) is 0 Å². The largest absolute Gasteiger partial charge is 0.321 e. The molecule has 0 radical (unpaired) electrons. The van der Waals surface area contributed by atoms with Gasteiger partial charge in [0.25, 0.3) is 11.1 Å². The summed E-state index contributed by atoms with van der Waals surface area (Å²) in [7, 11) is 0. The summed E-state index contributed by atoms with van der Waals surface area (Å²) >= 11 is 1.21. The first-order valence-corrected chi connectivity index (χ1v) is 7.68. The molecule has 2 N–H and O–H groups in total. The van der Waals surface area contributed by atoms with Gasteiger partial charge in [0, 0.05) is 16.8 Å². The molecule has 108 valence electrons. The Morgan fingerprint density at radius 2 is 2.19 bits per heavy atom. The molecular formula is C15H15N3O2S. The molecule has 1 aromatic rings. The number of hydrazone groups is 1. The molecule has 2 aliphatic heterocycles. The van der Waals surface area contributed by atoms with Crippen molar-refractivity contribution in [2.45, 2.75) is 25.5 Å². The Bertz CT molecular complexity index is 694. The van der Waals surface area contributed by atoms with E-state index in [-0.39, 0.29) is 16.4 Å². The number of fused-ring (bicyclic) bond motifs is 1. The number of nitrogens with zero attached hydrogens (tertiary/aromatic N) is 1. The Labute approximate surface area is 126 Å². The predicted octanol–water partition coefficient (Wildman–Crippen LogP) is 2.98. The molecule has 1 unspecified atom stereocenters. The highest BCUT2D eigenvalue weighted by Gasteiger charge is 2.27. The van der Waals surface area contributed by atoms with Gasteiger partial charge in [0.2, 0.25) is 0 Å². The number of benzene rings is 1. The van der Waals surface area contributed by atoms with Crippen LogP contribution in [-0.4, -0.2) is 22.1 Å². The van der Waals surface area contributed by atoms with E-state index in [0.717, 1.165) is 28.9 Å². The number of carbonyl (C=O) groups is 2. The molecule has 0 fully saturated rings. The number of hydrogen-bond acceptors (Lipinski definition) is 4. The Morgan fingerprint density at radius 1 is 1.38 bits per heavy atom. The monoisotopic (exact) mass is 301 g/mol. The zero-order valence-corrected chi connectivity index (χ0v) is 12.6. The molecule has 1 aromatic carbocycles. The molecule has 0 spiro atoms. The third-order valence-corrected chi connectivity index (χ3v) is 4.33. The first-order valence-electron chi connectivity index (χ1n) is 6.80. The lowest BCUT2D eigenvalue weighted by molar-refractivity contribution is -0.110. The van der Waals surface area contributed by atoms with E-state index in [1.54, 1.807) is 0 Å². The van der Waals surface area contributed by atoms with Crippen LogP contribution in [0, 0.1) is 0 Å². The van der Waals surface area contributed by atoms with Crippen LogP contribution < -0.4 is 10.7 Å². The highest BCUT2D eigenvalue weighted by atomic mass is 32.2. The van der Waals surface area contributed by atoms with Crippen LogP contribution >= 0.6 is 11.8 Å². The number of nitrogens with one attached hydrogen (secondary N) is 2. The Morgan fingerprint density at radius 3 is 2.90 bits per heavy atom. The minimum atomic E-state index is -0.143. The highest BCUT2D eigenvalue weighted by Crippen LogP contribution is 2.34. The van der Waals surface area contributed by atoms with Crippen LogP contribution in [0.3, 0.4) is 0 Å². The molecular weight excluding hydrogens is 286 g/mol. The van der Waals surface area contributed by atoms with E-state index in [4.69, 9.17) is 0 Å². The number of anilines is 1. The first kappa shape index (κ1) is 13.9. The first-order chi connectivity index (χ1) is 10.1. The van der Waals surface area contributed by atoms with E-state index in [9.17, 15) is 9.59 Å². The minimum absolute atomic E-state index is 0.0135. The van der Waals surface area contributed by atoms with Crippen molar-refractivity contribution in [1.29, 1.82) is 0 Å². The van der Waals surface area contributed by atoms with Crippen LogP contribution in [0.15, 0.2) is 29.4 Å². The van der Waals surface area contributed by atoms with Crippen LogP contribution in [0.2, 0.25) is 0 Å². The summed E-state index contributed by atoms with van der Waals surface area (Å²) in [5.41, 5.74) is 6.66. The third kappa shape index (κ3) is 2.47. The van der Waals surface area contributed by atoms with Gasteiger partial charge in [-0.2, -0.15) is 5.10 Å². The van der Waals surface area contributed by atoms with E-state index < -0.39 is 0 Å². The van der Waals surface area contributed by atoms with Crippen molar-refractivity contribution >= 4 is 39.9 Å². The fourth-order valence-electron chi connectivity index (χ4n) is 2.49. The molecule has 0 aliphatic carbocycles. The highest BCUT2D eigenvalue weighted by molar-refractivity contribution is 8.14. The topological polar surface area (TPSA) is 70.6 Å². The molecule has 3 rings (SSSR count). The Kier molecular flexibility index (Phi) is 3.55. The maximum absolute atomic E-state index is 11.9. The van der Waals surface area contributed by atoms with Crippen molar-refractivity contribution in [2.24, 2.45) is 5.10 Å².